The Kier molecular flexibility index (Phi) is 8.77. The van der Waals surface area contributed by atoms with Gasteiger partial charge in [0.05, 0.1) is 6.10 Å². The van der Waals surface area contributed by atoms with Crippen molar-refractivity contribution in [3.8, 4) is 0 Å². The summed E-state index contributed by atoms with van der Waals surface area (Å²) in [6.45, 7) is 11.8. The average molecular weight is 383 g/mol. The van der Waals surface area contributed by atoms with Crippen molar-refractivity contribution in [2.45, 2.75) is 60.5 Å². The van der Waals surface area contributed by atoms with Crippen molar-refractivity contribution in [2.24, 2.45) is 10.8 Å². The minimum Gasteiger partial charge on any atom is -0.393 e. The molecule has 2 atom stereocenters. The summed E-state index contributed by atoms with van der Waals surface area (Å²) in [7, 11) is 0. The van der Waals surface area contributed by atoms with E-state index in [2.05, 4.69) is 13.8 Å². The zero-order valence-corrected chi connectivity index (χ0v) is 18.0. The molecule has 28 heavy (non-hydrogen) atoms. The lowest BCUT2D eigenvalue weighted by molar-refractivity contribution is -0.127. The van der Waals surface area contributed by atoms with E-state index in [0.717, 1.165) is 17.4 Å². The maximum absolute atomic E-state index is 12.7. The average Bonchev–Trinajstić information content (AvgIpc) is 2.83. The topological polar surface area (TPSA) is 54.4 Å². The predicted molar refractivity (Wildman–Crippen MR) is 117 cm³/mol. The van der Waals surface area contributed by atoms with Crippen molar-refractivity contribution in [1.82, 2.24) is 0 Å². The molecule has 0 bridgehead atoms. The van der Waals surface area contributed by atoms with Crippen LogP contribution in [0, 0.1) is 10.8 Å². The number of carbonyl (C=O) groups excluding carboxylic acids is 2. The smallest absolute Gasteiger partial charge is 0.162 e. The van der Waals surface area contributed by atoms with Gasteiger partial charge in [-0.3, -0.25) is 9.59 Å². The van der Waals surface area contributed by atoms with Crippen molar-refractivity contribution in [3.05, 3.63) is 71.4 Å². The third-order valence-corrected chi connectivity index (χ3v) is 5.66. The number of ketones is 1. The molecule has 1 aliphatic carbocycles. The molecule has 0 heterocycles. The summed E-state index contributed by atoms with van der Waals surface area (Å²) in [5, 5.41) is 9.99. The summed E-state index contributed by atoms with van der Waals surface area (Å²) >= 11 is 0. The number of aliphatic hydroxyl groups excluding tert-OH is 1. The van der Waals surface area contributed by atoms with Crippen molar-refractivity contribution in [2.75, 3.05) is 0 Å². The molecule has 0 aliphatic heterocycles. The van der Waals surface area contributed by atoms with E-state index < -0.39 is 11.5 Å². The molecule has 3 nitrogen and oxygen atoms in total. The molecule has 0 spiro atoms. The maximum atomic E-state index is 12.7. The van der Waals surface area contributed by atoms with Gasteiger partial charge in [-0.25, -0.2) is 0 Å². The first-order valence-corrected chi connectivity index (χ1v) is 9.74. The Hall–Kier alpha value is -2.26. The lowest BCUT2D eigenvalue weighted by Gasteiger charge is -2.35. The Morgan fingerprint density at radius 2 is 1.36 bits per heavy atom. The van der Waals surface area contributed by atoms with Gasteiger partial charge in [-0.15, -0.1) is 0 Å². The Bertz CT molecular complexity index is 757. The van der Waals surface area contributed by atoms with Gasteiger partial charge in [-0.2, -0.15) is 0 Å². The van der Waals surface area contributed by atoms with Gasteiger partial charge in [0.2, 0.25) is 0 Å². The number of aldehydes is 1. The molecule has 1 rings (SSSR count). The molecule has 0 aromatic heterocycles. The highest BCUT2D eigenvalue weighted by Gasteiger charge is 2.52. The third-order valence-electron chi connectivity index (χ3n) is 5.66. The van der Waals surface area contributed by atoms with Gasteiger partial charge in [0.1, 0.15) is 6.29 Å². The van der Waals surface area contributed by atoms with Crippen LogP contribution in [0.1, 0.15) is 54.4 Å². The van der Waals surface area contributed by atoms with Crippen LogP contribution in [0.25, 0.3) is 0 Å². The summed E-state index contributed by atoms with van der Waals surface area (Å²) in [4.78, 5) is 23.2. The second-order valence-electron chi connectivity index (χ2n) is 8.57. The monoisotopic (exact) mass is 382 g/mol. The first-order valence-electron chi connectivity index (χ1n) is 9.74. The number of allylic oxidation sites excluding steroid dienone is 12. The summed E-state index contributed by atoms with van der Waals surface area (Å²) in [5.41, 5.74) is 2.01. The lowest BCUT2D eigenvalue weighted by Crippen LogP contribution is -2.36. The van der Waals surface area contributed by atoms with E-state index in [1.165, 1.54) is 0 Å². The largest absolute Gasteiger partial charge is 0.393 e. The Labute approximate surface area is 169 Å². The molecular formula is C25H34O3. The first-order chi connectivity index (χ1) is 13.0. The summed E-state index contributed by atoms with van der Waals surface area (Å²) in [5.74, 6) is 0.0747. The van der Waals surface area contributed by atoms with Gasteiger partial charge in [-0.05, 0) is 50.7 Å². The van der Waals surface area contributed by atoms with Crippen molar-refractivity contribution in [3.63, 3.8) is 0 Å². The molecule has 1 N–H and O–H groups in total. The fraction of sp³-hybridized carbons (Fsp3) is 0.440. The second-order valence-corrected chi connectivity index (χ2v) is 8.57. The van der Waals surface area contributed by atoms with Crippen LogP contribution in [-0.4, -0.2) is 23.3 Å². The molecular weight excluding hydrogens is 348 g/mol. The molecule has 1 fully saturated rings. The zero-order chi connectivity index (χ0) is 21.4. The van der Waals surface area contributed by atoms with Gasteiger partial charge >= 0.3 is 0 Å². The van der Waals surface area contributed by atoms with Crippen LogP contribution in [0.2, 0.25) is 0 Å². The molecule has 0 radical (unpaired) electrons. The molecule has 1 aliphatic rings. The maximum Gasteiger partial charge on any atom is 0.162 e. The molecule has 1 unspecified atom stereocenters. The summed E-state index contributed by atoms with van der Waals surface area (Å²) < 4.78 is 0. The molecule has 0 aromatic carbocycles. The van der Waals surface area contributed by atoms with Crippen LogP contribution in [0.3, 0.4) is 0 Å². The molecule has 1 saturated carbocycles. The van der Waals surface area contributed by atoms with E-state index in [0.29, 0.717) is 18.4 Å². The van der Waals surface area contributed by atoms with E-state index >= 15 is 0 Å². The van der Waals surface area contributed by atoms with Gasteiger partial charge in [0.25, 0.3) is 0 Å². The Morgan fingerprint density at radius 1 is 0.821 bits per heavy atom. The molecule has 0 aromatic rings. The van der Waals surface area contributed by atoms with Crippen molar-refractivity contribution >= 4 is 12.1 Å². The highest BCUT2D eigenvalue weighted by atomic mass is 16.3. The van der Waals surface area contributed by atoms with E-state index in [9.17, 15) is 14.7 Å². The second kappa shape index (κ2) is 10.3. The van der Waals surface area contributed by atoms with Crippen molar-refractivity contribution in [1.29, 1.82) is 0 Å². The predicted octanol–water partition coefficient (Wildman–Crippen LogP) is 5.45. The Morgan fingerprint density at radius 3 is 1.89 bits per heavy atom. The van der Waals surface area contributed by atoms with Gasteiger partial charge in [0.15, 0.2) is 5.78 Å². The number of rotatable bonds is 8. The van der Waals surface area contributed by atoms with E-state index in [-0.39, 0.29) is 11.2 Å². The van der Waals surface area contributed by atoms with Crippen LogP contribution in [0.5, 0.6) is 0 Å². The highest BCUT2D eigenvalue weighted by Crippen LogP contribution is 2.53. The summed E-state index contributed by atoms with van der Waals surface area (Å²) in [6.07, 6.45) is 18.4. The van der Waals surface area contributed by atoms with Crippen LogP contribution in [0.15, 0.2) is 71.4 Å². The fourth-order valence-electron chi connectivity index (χ4n) is 3.38. The quantitative estimate of drug-likeness (QED) is 0.345. The SMILES string of the molecule is CC(=C/C=C/C=C(\C)C=O)/C=C/C=C(C)/C=C/C(=O)[C@]1(C)CC(O)CC1(C)C. The lowest BCUT2D eigenvalue weighted by atomic mass is 9.66. The minimum atomic E-state index is -0.526. The number of aliphatic hydroxyl groups is 1. The van der Waals surface area contributed by atoms with E-state index in [4.69, 9.17) is 0 Å². The van der Waals surface area contributed by atoms with E-state index in [1.807, 2.05) is 63.3 Å². The molecule has 0 saturated heterocycles. The van der Waals surface area contributed by atoms with E-state index in [1.54, 1.807) is 19.1 Å². The number of carbonyl (C=O) groups is 2. The number of hydrogen-bond donors (Lipinski definition) is 1. The third kappa shape index (κ3) is 6.72. The Balaban J connectivity index is 2.70. The van der Waals surface area contributed by atoms with Crippen LogP contribution in [0.4, 0.5) is 0 Å². The minimum absolute atomic E-state index is 0.0747. The number of hydrogen-bond acceptors (Lipinski definition) is 3. The standard InChI is InChI=1S/C25H34O3/c1-19(10-7-8-11-21(3)18-26)12-9-13-20(2)14-15-23(28)25(6)17-22(27)16-24(25,4)5/h7-15,18,22,27H,16-17H2,1-6H3/b8-7+,12-9+,15-14+,19-10-,20-13+,21-11+/t22?,25-/m0/s1. The molecule has 152 valence electrons. The van der Waals surface area contributed by atoms with Gasteiger partial charge < -0.3 is 5.11 Å². The van der Waals surface area contributed by atoms with Gasteiger partial charge in [-0.1, -0.05) is 80.5 Å². The summed E-state index contributed by atoms with van der Waals surface area (Å²) in [6, 6.07) is 0. The van der Waals surface area contributed by atoms with Crippen LogP contribution in [-0.2, 0) is 9.59 Å². The first kappa shape index (κ1) is 23.8. The van der Waals surface area contributed by atoms with Gasteiger partial charge in [0, 0.05) is 5.41 Å². The highest BCUT2D eigenvalue weighted by molar-refractivity contribution is 5.95. The fourth-order valence-corrected chi connectivity index (χ4v) is 3.38. The zero-order valence-electron chi connectivity index (χ0n) is 18.0. The van der Waals surface area contributed by atoms with Crippen LogP contribution >= 0.6 is 0 Å². The normalized spacial score (nSPS) is 26.7. The molecule has 3 heteroatoms. The van der Waals surface area contributed by atoms with Crippen LogP contribution < -0.4 is 0 Å². The molecule has 0 amide bonds. The van der Waals surface area contributed by atoms with Crippen molar-refractivity contribution < 1.29 is 14.7 Å².